The highest BCUT2D eigenvalue weighted by atomic mass is 16.1. The number of nitrogens with two attached hydrogens (primary N) is 2. The summed E-state index contributed by atoms with van der Waals surface area (Å²) < 4.78 is 0. The molecule has 0 saturated heterocycles. The van der Waals surface area contributed by atoms with Crippen molar-refractivity contribution in [2.45, 2.75) is 6.42 Å². The van der Waals surface area contributed by atoms with E-state index >= 15 is 0 Å². The molecule has 0 aromatic heterocycles. The summed E-state index contributed by atoms with van der Waals surface area (Å²) in [5.41, 5.74) is 12.7. The Morgan fingerprint density at radius 1 is 1.46 bits per heavy atom. The molecule has 0 aliphatic carbocycles. The molecule has 0 heterocycles. The Bertz CT molecular complexity index is 345. The van der Waals surface area contributed by atoms with Gasteiger partial charge in [0, 0.05) is 11.3 Å². The number of primary amides is 1. The van der Waals surface area contributed by atoms with Crippen LogP contribution in [0.2, 0.25) is 0 Å². The van der Waals surface area contributed by atoms with Crippen molar-refractivity contribution in [2.24, 2.45) is 5.73 Å². The third-order valence-corrected chi connectivity index (χ3v) is 1.68. The Morgan fingerprint density at radius 3 is 2.69 bits per heavy atom. The second-order valence-corrected chi connectivity index (χ2v) is 2.82. The average molecular weight is 176 g/mol. The molecule has 1 rings (SSSR count). The van der Waals surface area contributed by atoms with Gasteiger partial charge in [0.05, 0.1) is 0 Å². The summed E-state index contributed by atoms with van der Waals surface area (Å²) in [7, 11) is 0. The first-order chi connectivity index (χ1) is 6.13. The van der Waals surface area contributed by atoms with Crippen molar-refractivity contribution in [1.29, 1.82) is 0 Å². The van der Waals surface area contributed by atoms with Gasteiger partial charge in [-0.15, -0.1) is 6.58 Å². The number of carbonyl (C=O) groups is 1. The van der Waals surface area contributed by atoms with Crippen molar-refractivity contribution >= 4 is 11.6 Å². The van der Waals surface area contributed by atoms with Gasteiger partial charge in [0.1, 0.15) is 0 Å². The van der Waals surface area contributed by atoms with Gasteiger partial charge >= 0.3 is 0 Å². The van der Waals surface area contributed by atoms with Gasteiger partial charge < -0.3 is 11.5 Å². The molecule has 1 amide bonds. The van der Waals surface area contributed by atoms with Gasteiger partial charge in [-0.3, -0.25) is 4.79 Å². The highest BCUT2D eigenvalue weighted by Crippen LogP contribution is 2.12. The van der Waals surface area contributed by atoms with E-state index in [9.17, 15) is 4.79 Å². The fraction of sp³-hybridized carbons (Fsp3) is 0.100. The third kappa shape index (κ3) is 2.33. The largest absolute Gasteiger partial charge is 0.399 e. The minimum atomic E-state index is -0.461. The first kappa shape index (κ1) is 9.32. The molecule has 1 aromatic carbocycles. The maximum atomic E-state index is 10.9. The minimum absolute atomic E-state index is 0.442. The molecular weight excluding hydrogens is 164 g/mol. The highest BCUT2D eigenvalue weighted by Gasteiger charge is 2.02. The van der Waals surface area contributed by atoms with Crippen LogP contribution in [0, 0.1) is 0 Å². The van der Waals surface area contributed by atoms with Crippen molar-refractivity contribution < 1.29 is 4.79 Å². The average Bonchev–Trinajstić information content (AvgIpc) is 2.03. The molecule has 0 bridgehead atoms. The summed E-state index contributed by atoms with van der Waals surface area (Å²) in [5, 5.41) is 0. The SMILES string of the molecule is C=CCc1cc(N)cc(C(N)=O)c1. The Labute approximate surface area is 77.0 Å². The lowest BCUT2D eigenvalue weighted by Crippen LogP contribution is -2.11. The van der Waals surface area contributed by atoms with E-state index in [2.05, 4.69) is 6.58 Å². The maximum Gasteiger partial charge on any atom is 0.248 e. The Hall–Kier alpha value is -1.77. The molecular formula is C10H12N2O. The van der Waals surface area contributed by atoms with E-state index < -0.39 is 5.91 Å². The van der Waals surface area contributed by atoms with E-state index in [1.54, 1.807) is 24.3 Å². The molecule has 0 fully saturated rings. The zero-order valence-corrected chi connectivity index (χ0v) is 7.29. The number of rotatable bonds is 3. The van der Waals surface area contributed by atoms with Crippen molar-refractivity contribution in [3.8, 4) is 0 Å². The monoisotopic (exact) mass is 176 g/mol. The number of anilines is 1. The van der Waals surface area contributed by atoms with Gasteiger partial charge in [0.25, 0.3) is 0 Å². The normalized spacial score (nSPS) is 9.54. The number of nitrogen functional groups attached to an aromatic ring is 1. The first-order valence-corrected chi connectivity index (χ1v) is 3.93. The van der Waals surface area contributed by atoms with Crippen LogP contribution in [-0.2, 0) is 6.42 Å². The summed E-state index contributed by atoms with van der Waals surface area (Å²) in [6.07, 6.45) is 2.44. The Morgan fingerprint density at radius 2 is 2.15 bits per heavy atom. The number of carbonyl (C=O) groups excluding carboxylic acids is 1. The number of amides is 1. The fourth-order valence-corrected chi connectivity index (χ4v) is 1.15. The van der Waals surface area contributed by atoms with Crippen LogP contribution in [0.5, 0.6) is 0 Å². The highest BCUT2D eigenvalue weighted by molar-refractivity contribution is 5.93. The van der Waals surface area contributed by atoms with E-state index in [-0.39, 0.29) is 0 Å². The van der Waals surface area contributed by atoms with Crippen LogP contribution in [-0.4, -0.2) is 5.91 Å². The smallest absolute Gasteiger partial charge is 0.248 e. The molecule has 0 saturated carbocycles. The fourth-order valence-electron chi connectivity index (χ4n) is 1.15. The molecule has 0 radical (unpaired) electrons. The molecule has 0 aliphatic heterocycles. The van der Waals surface area contributed by atoms with Crippen molar-refractivity contribution in [1.82, 2.24) is 0 Å². The van der Waals surface area contributed by atoms with Crippen molar-refractivity contribution in [2.75, 3.05) is 5.73 Å². The number of allylic oxidation sites excluding steroid dienone is 1. The molecule has 0 spiro atoms. The lowest BCUT2D eigenvalue weighted by Gasteiger charge is -2.02. The van der Waals surface area contributed by atoms with Crippen molar-refractivity contribution in [3.05, 3.63) is 42.0 Å². The van der Waals surface area contributed by atoms with Gasteiger partial charge in [-0.1, -0.05) is 6.08 Å². The van der Waals surface area contributed by atoms with Gasteiger partial charge in [0.15, 0.2) is 0 Å². The molecule has 4 N–H and O–H groups in total. The van der Waals surface area contributed by atoms with Crippen LogP contribution in [0.1, 0.15) is 15.9 Å². The molecule has 3 nitrogen and oxygen atoms in total. The zero-order valence-electron chi connectivity index (χ0n) is 7.29. The van der Waals surface area contributed by atoms with Crippen molar-refractivity contribution in [3.63, 3.8) is 0 Å². The lowest BCUT2D eigenvalue weighted by molar-refractivity contribution is 0.1000. The molecule has 1 aromatic rings. The molecule has 0 atom stereocenters. The molecule has 13 heavy (non-hydrogen) atoms. The van der Waals surface area contributed by atoms with Gasteiger partial charge in [-0.05, 0) is 30.2 Å². The van der Waals surface area contributed by atoms with Gasteiger partial charge in [0.2, 0.25) is 5.91 Å². The Kier molecular flexibility index (Phi) is 2.69. The van der Waals surface area contributed by atoms with E-state index in [4.69, 9.17) is 11.5 Å². The van der Waals surface area contributed by atoms with Crippen LogP contribution >= 0.6 is 0 Å². The third-order valence-electron chi connectivity index (χ3n) is 1.68. The zero-order chi connectivity index (χ0) is 9.84. The second kappa shape index (κ2) is 3.76. The summed E-state index contributed by atoms with van der Waals surface area (Å²) in [6.45, 7) is 3.60. The molecule has 0 aliphatic rings. The topological polar surface area (TPSA) is 69.1 Å². The molecule has 0 unspecified atom stereocenters. The number of hydrogen-bond donors (Lipinski definition) is 2. The maximum absolute atomic E-state index is 10.9. The second-order valence-electron chi connectivity index (χ2n) is 2.82. The van der Waals surface area contributed by atoms with E-state index in [1.165, 1.54) is 0 Å². The van der Waals surface area contributed by atoms with E-state index in [0.29, 0.717) is 17.7 Å². The van der Waals surface area contributed by atoms with Crippen LogP contribution in [0.15, 0.2) is 30.9 Å². The summed E-state index contributed by atoms with van der Waals surface area (Å²) in [5.74, 6) is -0.461. The van der Waals surface area contributed by atoms with E-state index in [1.807, 2.05) is 0 Å². The number of hydrogen-bond acceptors (Lipinski definition) is 2. The summed E-state index contributed by atoms with van der Waals surface area (Å²) in [6, 6.07) is 5.09. The van der Waals surface area contributed by atoms with Gasteiger partial charge in [-0.2, -0.15) is 0 Å². The van der Waals surface area contributed by atoms with Crippen LogP contribution in [0.3, 0.4) is 0 Å². The molecule has 68 valence electrons. The van der Waals surface area contributed by atoms with Gasteiger partial charge in [-0.25, -0.2) is 0 Å². The van der Waals surface area contributed by atoms with Crippen LogP contribution < -0.4 is 11.5 Å². The standard InChI is InChI=1S/C10H12N2O/c1-2-3-7-4-8(10(12)13)6-9(11)5-7/h2,4-6H,1,3,11H2,(H2,12,13). The number of benzene rings is 1. The predicted molar refractivity (Wildman–Crippen MR) is 53.3 cm³/mol. The molecule has 3 heteroatoms. The summed E-state index contributed by atoms with van der Waals surface area (Å²) >= 11 is 0. The quantitative estimate of drug-likeness (QED) is 0.534. The van der Waals surface area contributed by atoms with Crippen LogP contribution in [0.4, 0.5) is 5.69 Å². The summed E-state index contributed by atoms with van der Waals surface area (Å²) in [4.78, 5) is 10.9. The lowest BCUT2D eigenvalue weighted by atomic mass is 10.1. The van der Waals surface area contributed by atoms with E-state index in [0.717, 1.165) is 5.56 Å². The first-order valence-electron chi connectivity index (χ1n) is 3.93. The Balaban J connectivity index is 3.10. The minimum Gasteiger partial charge on any atom is -0.399 e. The van der Waals surface area contributed by atoms with Crippen LogP contribution in [0.25, 0.3) is 0 Å². The predicted octanol–water partition coefficient (Wildman–Crippen LogP) is 1.10.